The minimum Gasteiger partial charge on any atom is -0.351 e. The van der Waals surface area contributed by atoms with Crippen LogP contribution in [0.2, 0.25) is 0 Å². The van der Waals surface area contributed by atoms with Gasteiger partial charge in [0.2, 0.25) is 0 Å². The van der Waals surface area contributed by atoms with Crippen LogP contribution >= 0.6 is 0 Å². The highest BCUT2D eigenvalue weighted by Gasteiger charge is 2.39. The number of fused-ring (bicyclic) bond motifs is 2. The summed E-state index contributed by atoms with van der Waals surface area (Å²) in [6.45, 7) is 4.18. The van der Waals surface area contributed by atoms with Gasteiger partial charge in [-0.25, -0.2) is 9.37 Å². The minimum atomic E-state index is -0.183. The van der Waals surface area contributed by atoms with Gasteiger partial charge in [0.25, 0.3) is 0 Å². The summed E-state index contributed by atoms with van der Waals surface area (Å²) >= 11 is 0. The topological polar surface area (TPSA) is 19.4 Å². The van der Waals surface area contributed by atoms with Gasteiger partial charge in [-0.15, -0.1) is 0 Å². The quantitative estimate of drug-likeness (QED) is 0.792. The van der Waals surface area contributed by atoms with Gasteiger partial charge in [-0.05, 0) is 36.8 Å². The van der Waals surface area contributed by atoms with Gasteiger partial charge in [0, 0.05) is 38.4 Å². The second-order valence-electron chi connectivity index (χ2n) is 6.94. The number of halogens is 1. The first-order valence-corrected chi connectivity index (χ1v) is 8.41. The summed E-state index contributed by atoms with van der Waals surface area (Å²) in [5.74, 6) is 2.20. The van der Waals surface area contributed by atoms with Crippen LogP contribution in [0.25, 0.3) is 0 Å². The summed E-state index contributed by atoms with van der Waals surface area (Å²) < 4.78 is 13.9. The smallest absolute Gasteiger partial charge is 0.165 e. The summed E-state index contributed by atoms with van der Waals surface area (Å²) in [5.41, 5.74) is 0. The molecule has 3 nitrogen and oxygen atoms in total. The lowest BCUT2D eigenvalue weighted by Crippen LogP contribution is -2.59. The standard InChI is InChI=1S/C17H24FN3/c18-16-6-3-7-19-17(16)21-9-8-20-11-14-5-2-1-4-13(14)10-15(20)12-21/h3,6-7,13-15H,1-2,4-5,8-12H2/t13-,14+,15+/m0/s1. The van der Waals surface area contributed by atoms with Gasteiger partial charge in [0.1, 0.15) is 0 Å². The molecule has 2 aliphatic heterocycles. The molecule has 3 heterocycles. The lowest BCUT2D eigenvalue weighted by atomic mass is 9.72. The third-order valence-corrected chi connectivity index (χ3v) is 5.75. The third-order valence-electron chi connectivity index (χ3n) is 5.75. The van der Waals surface area contributed by atoms with Crippen molar-refractivity contribution >= 4 is 5.82 Å². The molecule has 3 aliphatic rings. The molecule has 1 saturated carbocycles. The fraction of sp³-hybridized carbons (Fsp3) is 0.706. The van der Waals surface area contributed by atoms with E-state index in [-0.39, 0.29) is 5.82 Å². The summed E-state index contributed by atoms with van der Waals surface area (Å²) in [6, 6.07) is 3.79. The molecule has 1 aromatic heterocycles. The van der Waals surface area contributed by atoms with Crippen molar-refractivity contribution in [2.45, 2.75) is 38.1 Å². The number of hydrogen-bond acceptors (Lipinski definition) is 3. The molecule has 0 aromatic carbocycles. The Balaban J connectivity index is 1.48. The average molecular weight is 289 g/mol. The van der Waals surface area contributed by atoms with Crippen LogP contribution in [0, 0.1) is 17.7 Å². The molecule has 0 N–H and O–H groups in total. The maximum Gasteiger partial charge on any atom is 0.165 e. The van der Waals surface area contributed by atoms with Gasteiger partial charge in [-0.3, -0.25) is 4.90 Å². The maximum atomic E-state index is 13.9. The van der Waals surface area contributed by atoms with Crippen LogP contribution in [0.3, 0.4) is 0 Å². The lowest BCUT2D eigenvalue weighted by molar-refractivity contribution is 0.0318. The van der Waals surface area contributed by atoms with Crippen molar-refractivity contribution in [1.29, 1.82) is 0 Å². The first-order chi connectivity index (χ1) is 10.3. The molecule has 4 heteroatoms. The Hall–Kier alpha value is -1.16. The predicted molar refractivity (Wildman–Crippen MR) is 81.8 cm³/mol. The van der Waals surface area contributed by atoms with Crippen molar-refractivity contribution in [3.05, 3.63) is 24.1 Å². The Labute approximate surface area is 126 Å². The van der Waals surface area contributed by atoms with Crippen LogP contribution in [0.5, 0.6) is 0 Å². The highest BCUT2D eigenvalue weighted by atomic mass is 19.1. The summed E-state index contributed by atoms with van der Waals surface area (Å²) in [4.78, 5) is 9.06. The SMILES string of the molecule is Fc1cccnc1N1CCN2C[C@H]3CCCC[C@H]3C[C@@H]2C1. The third kappa shape index (κ3) is 2.54. The molecule has 3 fully saturated rings. The number of rotatable bonds is 1. The van der Waals surface area contributed by atoms with Crippen LogP contribution in [0.4, 0.5) is 10.2 Å². The Bertz CT molecular complexity index is 507. The molecular weight excluding hydrogens is 265 g/mol. The number of nitrogens with zero attached hydrogens (tertiary/aromatic N) is 3. The Morgan fingerprint density at radius 2 is 1.95 bits per heavy atom. The monoisotopic (exact) mass is 289 g/mol. The van der Waals surface area contributed by atoms with Gasteiger partial charge in [0.05, 0.1) is 0 Å². The van der Waals surface area contributed by atoms with Crippen molar-refractivity contribution < 1.29 is 4.39 Å². The van der Waals surface area contributed by atoms with E-state index in [2.05, 4.69) is 14.8 Å². The maximum absolute atomic E-state index is 13.9. The molecule has 3 atom stereocenters. The van der Waals surface area contributed by atoms with Crippen LogP contribution < -0.4 is 4.90 Å². The molecule has 2 saturated heterocycles. The minimum absolute atomic E-state index is 0.183. The lowest BCUT2D eigenvalue weighted by Gasteiger charge is -2.50. The number of hydrogen-bond donors (Lipinski definition) is 0. The van der Waals surface area contributed by atoms with E-state index in [1.165, 1.54) is 44.7 Å². The van der Waals surface area contributed by atoms with E-state index in [4.69, 9.17) is 0 Å². The van der Waals surface area contributed by atoms with Crippen molar-refractivity contribution in [1.82, 2.24) is 9.88 Å². The van der Waals surface area contributed by atoms with Gasteiger partial charge in [-0.2, -0.15) is 0 Å². The van der Waals surface area contributed by atoms with Crippen molar-refractivity contribution in [2.75, 3.05) is 31.1 Å². The number of aromatic nitrogens is 1. The van der Waals surface area contributed by atoms with Crippen LogP contribution in [-0.2, 0) is 0 Å². The van der Waals surface area contributed by atoms with E-state index in [9.17, 15) is 4.39 Å². The molecular formula is C17H24FN3. The molecule has 0 amide bonds. The summed E-state index contributed by atoms with van der Waals surface area (Å²) in [5, 5.41) is 0. The van der Waals surface area contributed by atoms with Crippen LogP contribution in [0.1, 0.15) is 32.1 Å². The first kappa shape index (κ1) is 13.5. The van der Waals surface area contributed by atoms with Crippen molar-refractivity contribution in [3.8, 4) is 0 Å². The average Bonchev–Trinajstić information content (AvgIpc) is 2.53. The molecule has 0 spiro atoms. The Kier molecular flexibility index (Phi) is 3.57. The molecule has 114 valence electrons. The summed E-state index contributed by atoms with van der Waals surface area (Å²) in [7, 11) is 0. The molecule has 21 heavy (non-hydrogen) atoms. The highest BCUT2D eigenvalue weighted by Crippen LogP contribution is 2.39. The summed E-state index contributed by atoms with van der Waals surface area (Å²) in [6.07, 6.45) is 8.66. The largest absolute Gasteiger partial charge is 0.351 e. The first-order valence-electron chi connectivity index (χ1n) is 8.41. The molecule has 0 bridgehead atoms. The highest BCUT2D eigenvalue weighted by molar-refractivity contribution is 5.40. The number of piperazine rings is 1. The molecule has 1 aromatic rings. The number of anilines is 1. The zero-order valence-electron chi connectivity index (χ0n) is 12.5. The molecule has 0 unspecified atom stereocenters. The second kappa shape index (κ2) is 5.56. The number of pyridine rings is 1. The van der Waals surface area contributed by atoms with Gasteiger partial charge < -0.3 is 4.90 Å². The van der Waals surface area contributed by atoms with Crippen LogP contribution in [-0.4, -0.2) is 42.1 Å². The second-order valence-corrected chi connectivity index (χ2v) is 6.94. The molecule has 1 aliphatic carbocycles. The Morgan fingerprint density at radius 3 is 2.81 bits per heavy atom. The van der Waals surface area contributed by atoms with E-state index in [0.29, 0.717) is 11.9 Å². The van der Waals surface area contributed by atoms with Gasteiger partial charge in [-0.1, -0.05) is 19.3 Å². The zero-order chi connectivity index (χ0) is 14.2. The van der Waals surface area contributed by atoms with E-state index in [1.54, 1.807) is 12.3 Å². The Morgan fingerprint density at radius 1 is 1.10 bits per heavy atom. The normalized spacial score (nSPS) is 33.4. The van der Waals surface area contributed by atoms with Crippen molar-refractivity contribution in [2.24, 2.45) is 11.8 Å². The van der Waals surface area contributed by atoms with Crippen molar-refractivity contribution in [3.63, 3.8) is 0 Å². The van der Waals surface area contributed by atoms with E-state index < -0.39 is 0 Å². The zero-order valence-corrected chi connectivity index (χ0v) is 12.5. The fourth-order valence-corrected chi connectivity index (χ4v) is 4.65. The van der Waals surface area contributed by atoms with E-state index >= 15 is 0 Å². The van der Waals surface area contributed by atoms with Crippen LogP contribution in [0.15, 0.2) is 18.3 Å². The van der Waals surface area contributed by atoms with E-state index in [0.717, 1.165) is 31.5 Å². The number of piperidine rings is 1. The predicted octanol–water partition coefficient (Wildman–Crippen LogP) is 2.92. The fourth-order valence-electron chi connectivity index (χ4n) is 4.65. The van der Waals surface area contributed by atoms with Gasteiger partial charge >= 0.3 is 0 Å². The molecule has 4 rings (SSSR count). The van der Waals surface area contributed by atoms with Gasteiger partial charge in [0.15, 0.2) is 11.6 Å². The van der Waals surface area contributed by atoms with E-state index in [1.807, 2.05) is 0 Å². The molecule has 0 radical (unpaired) electrons.